The van der Waals surface area contributed by atoms with Gasteiger partial charge in [0, 0.05) is 19.0 Å². The van der Waals surface area contributed by atoms with Gasteiger partial charge in [0.15, 0.2) is 0 Å². The van der Waals surface area contributed by atoms with Gasteiger partial charge < -0.3 is 15.5 Å². The van der Waals surface area contributed by atoms with E-state index in [1.54, 1.807) is 6.07 Å². The van der Waals surface area contributed by atoms with Crippen molar-refractivity contribution in [2.45, 2.75) is 44.6 Å². The third-order valence-electron chi connectivity index (χ3n) is 5.46. The predicted octanol–water partition coefficient (Wildman–Crippen LogP) is 2.35. The van der Waals surface area contributed by atoms with E-state index in [2.05, 4.69) is 27.5 Å². The van der Waals surface area contributed by atoms with Gasteiger partial charge in [-0.1, -0.05) is 12.1 Å². The van der Waals surface area contributed by atoms with Crippen LogP contribution in [-0.2, 0) is 9.59 Å². The van der Waals surface area contributed by atoms with Crippen LogP contribution in [-0.4, -0.2) is 34.4 Å². The molecule has 2 aliphatic heterocycles. The quantitative estimate of drug-likeness (QED) is 0.734. The first-order chi connectivity index (χ1) is 13.9. The van der Waals surface area contributed by atoms with Gasteiger partial charge in [-0.3, -0.25) is 19.4 Å². The minimum atomic E-state index is -1.05. The van der Waals surface area contributed by atoms with Gasteiger partial charge in [0.2, 0.25) is 17.8 Å². The molecule has 1 aromatic heterocycles. The lowest BCUT2D eigenvalue weighted by molar-refractivity contribution is -0.123. The van der Waals surface area contributed by atoms with Crippen molar-refractivity contribution in [1.82, 2.24) is 9.97 Å². The first-order valence-electron chi connectivity index (χ1n) is 9.70. The van der Waals surface area contributed by atoms with Crippen LogP contribution >= 0.6 is 0 Å². The molecule has 0 spiro atoms. The summed E-state index contributed by atoms with van der Waals surface area (Å²) in [4.78, 5) is 47.0. The number of carbonyl (C=O) groups is 2. The van der Waals surface area contributed by atoms with Crippen molar-refractivity contribution in [2.75, 3.05) is 22.1 Å². The molecular formula is C20H22FN5O3. The Balaban J connectivity index is 1.67. The van der Waals surface area contributed by atoms with Gasteiger partial charge >= 0.3 is 0 Å². The molecule has 0 aliphatic carbocycles. The SMILES string of the molecule is C[C@@H]1CCCCN1c1nc2c(c(=O)[nH]1)[C@H](C(=O)Nc1ccccc1F)CC(=O)N2. The molecule has 2 aliphatic rings. The summed E-state index contributed by atoms with van der Waals surface area (Å²) in [6.45, 7) is 2.82. The van der Waals surface area contributed by atoms with Crippen molar-refractivity contribution in [3.63, 3.8) is 0 Å². The molecule has 3 N–H and O–H groups in total. The number of hydrogen-bond donors (Lipinski definition) is 3. The molecule has 0 saturated carbocycles. The first kappa shape index (κ1) is 19.1. The Bertz CT molecular complexity index is 1020. The second-order valence-corrected chi connectivity index (χ2v) is 7.46. The number of fused-ring (bicyclic) bond motifs is 1. The summed E-state index contributed by atoms with van der Waals surface area (Å²) < 4.78 is 13.9. The lowest BCUT2D eigenvalue weighted by Crippen LogP contribution is -2.42. The molecule has 0 bridgehead atoms. The highest BCUT2D eigenvalue weighted by molar-refractivity contribution is 6.04. The number of benzene rings is 1. The molecule has 2 amide bonds. The summed E-state index contributed by atoms with van der Waals surface area (Å²) in [6.07, 6.45) is 2.88. The fraction of sp³-hybridized carbons (Fsp3) is 0.400. The Morgan fingerprint density at radius 1 is 1.28 bits per heavy atom. The molecule has 1 saturated heterocycles. The molecule has 0 radical (unpaired) electrons. The highest BCUT2D eigenvalue weighted by Crippen LogP contribution is 2.31. The van der Waals surface area contributed by atoms with Crippen LogP contribution in [0.1, 0.15) is 44.1 Å². The molecule has 4 rings (SSSR count). The first-order valence-corrected chi connectivity index (χ1v) is 9.70. The summed E-state index contributed by atoms with van der Waals surface area (Å²) >= 11 is 0. The molecule has 3 heterocycles. The Labute approximate surface area is 166 Å². The highest BCUT2D eigenvalue weighted by Gasteiger charge is 2.35. The van der Waals surface area contributed by atoms with Crippen LogP contribution in [0.15, 0.2) is 29.1 Å². The van der Waals surface area contributed by atoms with Gasteiger partial charge in [-0.25, -0.2) is 4.39 Å². The molecule has 29 heavy (non-hydrogen) atoms. The van der Waals surface area contributed by atoms with Crippen LogP contribution in [0.3, 0.4) is 0 Å². The number of H-pyrrole nitrogens is 1. The topological polar surface area (TPSA) is 107 Å². The van der Waals surface area contributed by atoms with E-state index < -0.39 is 29.1 Å². The van der Waals surface area contributed by atoms with Crippen LogP contribution in [0, 0.1) is 5.82 Å². The van der Waals surface area contributed by atoms with Gasteiger partial charge in [-0.15, -0.1) is 0 Å². The average Bonchev–Trinajstić information content (AvgIpc) is 2.69. The van der Waals surface area contributed by atoms with Crippen molar-refractivity contribution in [1.29, 1.82) is 0 Å². The van der Waals surface area contributed by atoms with Crippen LogP contribution in [0.2, 0.25) is 0 Å². The number of nitrogens with zero attached hydrogens (tertiary/aromatic N) is 2. The van der Waals surface area contributed by atoms with Gasteiger partial charge in [-0.2, -0.15) is 4.98 Å². The van der Waals surface area contributed by atoms with Crippen molar-refractivity contribution in [2.24, 2.45) is 0 Å². The number of hydrogen-bond acceptors (Lipinski definition) is 5. The number of anilines is 3. The number of para-hydroxylation sites is 1. The zero-order valence-corrected chi connectivity index (χ0v) is 16.0. The lowest BCUT2D eigenvalue weighted by atomic mass is 9.92. The van der Waals surface area contributed by atoms with Crippen LogP contribution in [0.4, 0.5) is 21.8 Å². The summed E-state index contributed by atoms with van der Waals surface area (Å²) in [5, 5.41) is 5.07. The maximum atomic E-state index is 13.9. The maximum Gasteiger partial charge on any atom is 0.258 e. The predicted molar refractivity (Wildman–Crippen MR) is 107 cm³/mol. The van der Waals surface area contributed by atoms with Crippen LogP contribution in [0.5, 0.6) is 0 Å². The minimum absolute atomic E-state index is 0.00631. The van der Waals surface area contributed by atoms with E-state index in [0.29, 0.717) is 5.95 Å². The molecule has 9 heteroatoms. The number of halogens is 1. The summed E-state index contributed by atoms with van der Waals surface area (Å²) in [7, 11) is 0. The number of nitrogens with one attached hydrogen (secondary N) is 3. The molecule has 2 aromatic rings. The fourth-order valence-corrected chi connectivity index (χ4v) is 3.91. The molecule has 1 fully saturated rings. The number of carbonyl (C=O) groups excluding carboxylic acids is 2. The van der Waals surface area contributed by atoms with Gasteiger partial charge in [0.25, 0.3) is 5.56 Å². The molecule has 152 valence electrons. The van der Waals surface area contributed by atoms with E-state index in [0.717, 1.165) is 25.8 Å². The summed E-state index contributed by atoms with van der Waals surface area (Å²) in [5.41, 5.74) is -0.392. The molecule has 1 aromatic carbocycles. The fourth-order valence-electron chi connectivity index (χ4n) is 3.91. The van der Waals surface area contributed by atoms with E-state index in [-0.39, 0.29) is 29.5 Å². The second kappa shape index (κ2) is 7.65. The van der Waals surface area contributed by atoms with Crippen molar-refractivity contribution in [3.05, 3.63) is 46.0 Å². The Kier molecular flexibility index (Phi) is 5.04. The smallest absolute Gasteiger partial charge is 0.258 e. The Morgan fingerprint density at radius 3 is 2.83 bits per heavy atom. The zero-order chi connectivity index (χ0) is 20.5. The van der Waals surface area contributed by atoms with Crippen molar-refractivity contribution >= 4 is 29.3 Å². The zero-order valence-electron chi connectivity index (χ0n) is 16.0. The van der Waals surface area contributed by atoms with Gasteiger partial charge in [0.1, 0.15) is 11.6 Å². The van der Waals surface area contributed by atoms with E-state index >= 15 is 0 Å². The third kappa shape index (κ3) is 3.72. The number of aromatic nitrogens is 2. The molecule has 0 unspecified atom stereocenters. The Hall–Kier alpha value is -3.23. The molecular weight excluding hydrogens is 377 g/mol. The molecule has 2 atom stereocenters. The lowest BCUT2D eigenvalue weighted by Gasteiger charge is -2.34. The monoisotopic (exact) mass is 399 g/mol. The van der Waals surface area contributed by atoms with E-state index in [1.165, 1.54) is 18.2 Å². The standard InChI is InChI=1S/C20H22FN5O3/c1-11-6-4-5-9-26(11)20-24-17-16(19(29)25-20)12(10-15(27)23-17)18(28)22-14-8-3-2-7-13(14)21/h2-3,7-8,11-12H,4-6,9-10H2,1H3,(H,22,28)(H2,23,24,25,27,29)/t11-,12-/m1/s1. The van der Waals surface area contributed by atoms with Crippen molar-refractivity contribution in [3.8, 4) is 0 Å². The number of amides is 2. The second-order valence-electron chi connectivity index (χ2n) is 7.46. The van der Waals surface area contributed by atoms with Crippen molar-refractivity contribution < 1.29 is 14.0 Å². The largest absolute Gasteiger partial charge is 0.340 e. The Morgan fingerprint density at radius 2 is 2.07 bits per heavy atom. The van der Waals surface area contributed by atoms with E-state index in [4.69, 9.17) is 0 Å². The normalized spacial score (nSPS) is 21.3. The number of piperidine rings is 1. The minimum Gasteiger partial charge on any atom is -0.340 e. The van der Waals surface area contributed by atoms with Gasteiger partial charge in [0.05, 0.1) is 17.2 Å². The van der Waals surface area contributed by atoms with E-state index in [9.17, 15) is 18.8 Å². The summed E-state index contributed by atoms with van der Waals surface area (Å²) in [5.74, 6) is -2.22. The number of aromatic amines is 1. The highest BCUT2D eigenvalue weighted by atomic mass is 19.1. The van der Waals surface area contributed by atoms with Gasteiger partial charge in [-0.05, 0) is 38.3 Å². The number of rotatable bonds is 3. The van der Waals surface area contributed by atoms with Crippen LogP contribution in [0.25, 0.3) is 0 Å². The van der Waals surface area contributed by atoms with Crippen LogP contribution < -0.4 is 21.1 Å². The maximum absolute atomic E-state index is 13.9. The third-order valence-corrected chi connectivity index (χ3v) is 5.46. The van der Waals surface area contributed by atoms with E-state index in [1.807, 2.05) is 4.90 Å². The average molecular weight is 399 g/mol. The molecule has 8 nitrogen and oxygen atoms in total. The summed E-state index contributed by atoms with van der Waals surface area (Å²) in [6, 6.07) is 5.94.